The minimum atomic E-state index is -0.251. The smallest absolute Gasteiger partial charge is 0.191 e. The maximum absolute atomic E-state index is 14.1. The lowest BCUT2D eigenvalue weighted by Gasteiger charge is -2.57. The number of ether oxygens (including phenoxy) is 1. The second kappa shape index (κ2) is 9.14. The fourth-order valence-electron chi connectivity index (χ4n) is 6.22. The second-order valence-electron chi connectivity index (χ2n) is 9.01. The first-order valence-electron chi connectivity index (χ1n) is 11.3. The molecule has 4 aliphatic rings. The summed E-state index contributed by atoms with van der Waals surface area (Å²) in [7, 11) is 0. The van der Waals surface area contributed by atoms with Gasteiger partial charge in [-0.15, -0.1) is 24.0 Å². The molecule has 30 heavy (non-hydrogen) atoms. The molecule has 2 aliphatic carbocycles. The molecule has 2 saturated carbocycles. The summed E-state index contributed by atoms with van der Waals surface area (Å²) in [4.78, 5) is 11.0. The van der Waals surface area contributed by atoms with E-state index >= 15 is 0 Å². The van der Waals surface area contributed by atoms with Crippen molar-refractivity contribution in [1.82, 2.24) is 15.6 Å². The van der Waals surface area contributed by atoms with Gasteiger partial charge in [0.15, 0.2) is 17.6 Å². The lowest BCUT2D eigenvalue weighted by Crippen LogP contribution is -2.69. The van der Waals surface area contributed by atoms with E-state index in [0.717, 1.165) is 45.0 Å². The summed E-state index contributed by atoms with van der Waals surface area (Å²) in [6, 6.07) is 3.81. The van der Waals surface area contributed by atoms with E-state index in [2.05, 4.69) is 22.5 Å². The minimum Gasteiger partial charge on any atom is -0.377 e. The van der Waals surface area contributed by atoms with Gasteiger partial charge in [0.25, 0.3) is 0 Å². The summed E-state index contributed by atoms with van der Waals surface area (Å²) in [5.41, 5.74) is 0.302. The Hall–Kier alpha value is -1.16. The van der Waals surface area contributed by atoms with E-state index in [1.54, 1.807) is 12.3 Å². The Morgan fingerprint density at radius 3 is 2.93 bits per heavy atom. The highest BCUT2D eigenvalue weighted by molar-refractivity contribution is 14.0. The van der Waals surface area contributed by atoms with Crippen LogP contribution in [0.4, 0.5) is 10.2 Å². The topological polar surface area (TPSA) is 61.8 Å². The Morgan fingerprint density at radius 1 is 1.33 bits per heavy atom. The van der Waals surface area contributed by atoms with Gasteiger partial charge in [0.1, 0.15) is 0 Å². The van der Waals surface area contributed by atoms with E-state index in [1.807, 2.05) is 4.90 Å². The van der Waals surface area contributed by atoms with Crippen LogP contribution in [0.5, 0.6) is 0 Å². The Balaban J connectivity index is 0.00000218. The molecule has 6 nitrogen and oxygen atoms in total. The molecule has 0 amide bonds. The first-order chi connectivity index (χ1) is 14.2. The van der Waals surface area contributed by atoms with Gasteiger partial charge in [-0.3, -0.25) is 4.99 Å². The predicted octanol–water partition coefficient (Wildman–Crippen LogP) is 3.32. The maximum atomic E-state index is 14.1. The summed E-state index contributed by atoms with van der Waals surface area (Å²) in [5, 5.41) is 7.43. The highest BCUT2D eigenvalue weighted by Gasteiger charge is 2.65. The van der Waals surface area contributed by atoms with Crippen LogP contribution in [-0.2, 0) is 4.74 Å². The summed E-state index contributed by atoms with van der Waals surface area (Å²) < 4.78 is 20.2. The third kappa shape index (κ3) is 3.78. The number of nitrogens with zero attached hydrogens (tertiary/aromatic N) is 3. The van der Waals surface area contributed by atoms with E-state index in [1.165, 1.54) is 31.7 Å². The zero-order valence-corrected chi connectivity index (χ0v) is 20.0. The largest absolute Gasteiger partial charge is 0.377 e. The Bertz CT molecular complexity index is 772. The van der Waals surface area contributed by atoms with Crippen LogP contribution >= 0.6 is 24.0 Å². The molecule has 2 saturated heterocycles. The minimum absolute atomic E-state index is 0. The van der Waals surface area contributed by atoms with E-state index < -0.39 is 0 Å². The van der Waals surface area contributed by atoms with Crippen molar-refractivity contribution in [1.29, 1.82) is 0 Å². The third-order valence-electron chi connectivity index (χ3n) is 7.46. The number of halogens is 2. The van der Waals surface area contributed by atoms with Gasteiger partial charge in [0, 0.05) is 55.9 Å². The van der Waals surface area contributed by atoms with Crippen LogP contribution in [-0.4, -0.2) is 55.4 Å². The number of hydrogen-bond acceptors (Lipinski definition) is 4. The average molecular weight is 529 g/mol. The molecular weight excluding hydrogens is 496 g/mol. The number of aliphatic imine (C=N–C) groups is 1. The van der Waals surface area contributed by atoms with Crippen molar-refractivity contribution in [3.05, 3.63) is 24.1 Å². The van der Waals surface area contributed by atoms with Crippen molar-refractivity contribution >= 4 is 35.8 Å². The van der Waals surface area contributed by atoms with Gasteiger partial charge in [-0.25, -0.2) is 9.37 Å². The second-order valence-corrected chi connectivity index (χ2v) is 9.01. The molecule has 0 radical (unpaired) electrons. The van der Waals surface area contributed by atoms with Crippen molar-refractivity contribution in [3.63, 3.8) is 0 Å². The standard InChI is InChI=1S/C22H32FN5O.HI/c1-2-24-21(26-15-7-12-28(14-15)20-17(23)6-5-11-25-20)27-18-16-8-13-29-19(16)22(18)9-3-4-10-22;/h5-6,11,15-16,18-19H,2-4,7-10,12-14H2,1H3,(H2,24,26,27);1H. The van der Waals surface area contributed by atoms with Crippen LogP contribution < -0.4 is 15.5 Å². The number of guanidine groups is 1. The van der Waals surface area contributed by atoms with Crippen LogP contribution in [0.1, 0.15) is 45.4 Å². The Kier molecular flexibility index (Phi) is 6.72. The number of nitrogens with one attached hydrogen (secondary N) is 2. The van der Waals surface area contributed by atoms with E-state index in [-0.39, 0.29) is 35.8 Å². The quantitative estimate of drug-likeness (QED) is 0.356. The van der Waals surface area contributed by atoms with Crippen LogP contribution in [0.3, 0.4) is 0 Å². The number of aromatic nitrogens is 1. The summed E-state index contributed by atoms with van der Waals surface area (Å²) >= 11 is 0. The van der Waals surface area contributed by atoms with Crippen LogP contribution in [0.2, 0.25) is 0 Å². The molecule has 0 bridgehead atoms. The number of pyridine rings is 1. The molecule has 0 aromatic carbocycles. The van der Waals surface area contributed by atoms with Crippen LogP contribution in [0, 0.1) is 17.2 Å². The molecule has 166 valence electrons. The van der Waals surface area contributed by atoms with Gasteiger partial charge >= 0.3 is 0 Å². The molecule has 3 heterocycles. The normalized spacial score (nSPS) is 31.9. The fraction of sp³-hybridized carbons (Fsp3) is 0.727. The monoisotopic (exact) mass is 529 g/mol. The number of fused-ring (bicyclic) bond motifs is 2. The lowest BCUT2D eigenvalue weighted by atomic mass is 9.54. The highest BCUT2D eigenvalue weighted by atomic mass is 127. The first kappa shape index (κ1) is 22.0. The van der Waals surface area contributed by atoms with Gasteiger partial charge in [-0.1, -0.05) is 12.8 Å². The SMILES string of the molecule is CCN=C(NC1CCN(c2ncccc2F)C1)NC1C2CCOC2C12CCCC2.I. The van der Waals surface area contributed by atoms with Gasteiger partial charge in [-0.05, 0) is 44.7 Å². The summed E-state index contributed by atoms with van der Waals surface area (Å²) in [6.45, 7) is 5.25. The summed E-state index contributed by atoms with van der Waals surface area (Å²) in [5.74, 6) is 1.72. The number of rotatable bonds is 4. The molecule has 4 fully saturated rings. The highest BCUT2D eigenvalue weighted by Crippen LogP contribution is 2.60. The number of anilines is 1. The molecule has 1 spiro atoms. The Labute approximate surface area is 195 Å². The average Bonchev–Trinajstić information content (AvgIpc) is 3.46. The van der Waals surface area contributed by atoms with Gasteiger partial charge in [0.2, 0.25) is 0 Å². The zero-order chi connectivity index (χ0) is 19.8. The van der Waals surface area contributed by atoms with Crippen molar-refractivity contribution in [2.24, 2.45) is 16.3 Å². The van der Waals surface area contributed by atoms with Crippen molar-refractivity contribution in [2.75, 3.05) is 31.1 Å². The van der Waals surface area contributed by atoms with Gasteiger partial charge < -0.3 is 20.3 Å². The molecule has 1 aromatic rings. The number of hydrogen-bond donors (Lipinski definition) is 2. The molecule has 8 heteroatoms. The molecule has 1 aromatic heterocycles. The van der Waals surface area contributed by atoms with E-state index in [0.29, 0.717) is 29.3 Å². The lowest BCUT2D eigenvalue weighted by molar-refractivity contribution is -0.125. The summed E-state index contributed by atoms with van der Waals surface area (Å²) in [6.07, 6.45) is 9.35. The first-order valence-corrected chi connectivity index (χ1v) is 11.3. The molecule has 5 rings (SSSR count). The van der Waals surface area contributed by atoms with E-state index in [9.17, 15) is 4.39 Å². The molecule has 2 aliphatic heterocycles. The fourth-order valence-corrected chi connectivity index (χ4v) is 6.22. The van der Waals surface area contributed by atoms with Crippen molar-refractivity contribution in [2.45, 2.75) is 63.6 Å². The Morgan fingerprint density at radius 2 is 2.17 bits per heavy atom. The zero-order valence-electron chi connectivity index (χ0n) is 17.6. The van der Waals surface area contributed by atoms with E-state index in [4.69, 9.17) is 9.73 Å². The van der Waals surface area contributed by atoms with Gasteiger partial charge in [-0.2, -0.15) is 0 Å². The molecule has 2 N–H and O–H groups in total. The maximum Gasteiger partial charge on any atom is 0.191 e. The van der Waals surface area contributed by atoms with Crippen LogP contribution in [0.25, 0.3) is 0 Å². The molecule has 4 unspecified atom stereocenters. The predicted molar refractivity (Wildman–Crippen MR) is 127 cm³/mol. The van der Waals surface area contributed by atoms with Crippen molar-refractivity contribution < 1.29 is 9.13 Å². The van der Waals surface area contributed by atoms with Crippen LogP contribution in [0.15, 0.2) is 23.3 Å². The third-order valence-corrected chi connectivity index (χ3v) is 7.46. The van der Waals surface area contributed by atoms with Crippen molar-refractivity contribution in [3.8, 4) is 0 Å². The molecule has 4 atom stereocenters. The molecular formula is C22H33FIN5O. The van der Waals surface area contributed by atoms with Gasteiger partial charge in [0.05, 0.1) is 6.10 Å².